The molecule has 0 aliphatic heterocycles. The summed E-state index contributed by atoms with van der Waals surface area (Å²) >= 11 is 0. The quantitative estimate of drug-likeness (QED) is 0.785. The summed E-state index contributed by atoms with van der Waals surface area (Å²) in [7, 11) is -3.18. The Morgan fingerprint density at radius 2 is 1.56 bits per heavy atom. The van der Waals surface area contributed by atoms with Gasteiger partial charge in [-0.15, -0.1) is 0 Å². The van der Waals surface area contributed by atoms with Gasteiger partial charge in [0.2, 0.25) is 0 Å². The molecule has 0 aromatic heterocycles. The molecule has 0 bridgehead atoms. The first-order chi connectivity index (χ1) is 12.1. The van der Waals surface area contributed by atoms with Gasteiger partial charge in [-0.1, -0.05) is 19.1 Å². The largest absolute Gasteiger partial charge is 0.490 e. The van der Waals surface area contributed by atoms with Gasteiger partial charge in [0, 0.05) is 6.54 Å². The van der Waals surface area contributed by atoms with Crippen molar-refractivity contribution in [2.45, 2.75) is 50.9 Å². The average molecular weight is 413 g/mol. The van der Waals surface area contributed by atoms with E-state index in [4.69, 9.17) is 14.6 Å². The highest BCUT2D eigenvalue weighted by atomic mass is 32.2. The molecule has 1 amide bonds. The van der Waals surface area contributed by atoms with Gasteiger partial charge in [-0.3, -0.25) is 0 Å². The summed E-state index contributed by atoms with van der Waals surface area (Å²) in [6.07, 6.45) is -5.58. The standard InChI is InChI=1S/C14H21NO4S.C2HF3O2/c1-5-20(17,18)12-8-6-11(7-9-12)10-15-13(16)19-14(2,3)4;3-2(4,5)1(6)7/h6-9H,5,10H2,1-4H3,(H,15,16);(H,6,7). The van der Waals surface area contributed by atoms with Crippen LogP contribution in [0, 0.1) is 0 Å². The summed E-state index contributed by atoms with van der Waals surface area (Å²) in [5, 5.41) is 9.74. The number of rotatable bonds is 4. The van der Waals surface area contributed by atoms with E-state index in [9.17, 15) is 26.4 Å². The van der Waals surface area contributed by atoms with Crippen LogP contribution >= 0.6 is 0 Å². The topological polar surface area (TPSA) is 110 Å². The first-order valence-electron chi connectivity index (χ1n) is 7.67. The number of amides is 1. The van der Waals surface area contributed by atoms with Crippen molar-refractivity contribution in [1.82, 2.24) is 5.32 Å². The number of hydrogen-bond donors (Lipinski definition) is 2. The second-order valence-electron chi connectivity index (χ2n) is 6.21. The van der Waals surface area contributed by atoms with E-state index in [-0.39, 0.29) is 5.75 Å². The van der Waals surface area contributed by atoms with Gasteiger partial charge in [0.15, 0.2) is 9.84 Å². The molecule has 0 saturated heterocycles. The molecule has 1 aromatic rings. The van der Waals surface area contributed by atoms with Crippen molar-refractivity contribution in [3.63, 3.8) is 0 Å². The second kappa shape index (κ2) is 9.58. The van der Waals surface area contributed by atoms with E-state index < -0.39 is 33.7 Å². The van der Waals surface area contributed by atoms with Crippen LogP contribution in [-0.2, 0) is 25.9 Å². The van der Waals surface area contributed by atoms with E-state index in [0.717, 1.165) is 5.56 Å². The van der Waals surface area contributed by atoms with E-state index in [1.807, 2.05) is 0 Å². The van der Waals surface area contributed by atoms with E-state index in [1.54, 1.807) is 52.0 Å². The van der Waals surface area contributed by atoms with Gasteiger partial charge in [-0.2, -0.15) is 13.2 Å². The van der Waals surface area contributed by atoms with Crippen LogP contribution in [0.3, 0.4) is 0 Å². The SMILES string of the molecule is CCS(=O)(=O)c1ccc(CNC(=O)OC(C)(C)C)cc1.O=C(O)C(F)(F)F. The molecule has 0 aliphatic rings. The fourth-order valence-electron chi connectivity index (χ4n) is 1.47. The minimum Gasteiger partial charge on any atom is -0.475 e. The number of sulfone groups is 1. The third-order valence-electron chi connectivity index (χ3n) is 2.74. The van der Waals surface area contributed by atoms with Crippen LogP contribution in [0.2, 0.25) is 0 Å². The zero-order valence-corrected chi connectivity index (χ0v) is 16.1. The number of benzene rings is 1. The zero-order valence-electron chi connectivity index (χ0n) is 15.3. The number of carbonyl (C=O) groups excluding carboxylic acids is 1. The Balaban J connectivity index is 0.000000821. The Kier molecular flexibility index (Phi) is 8.77. The number of ether oxygens (including phenoxy) is 1. The van der Waals surface area contributed by atoms with Crippen molar-refractivity contribution < 1.29 is 41.0 Å². The van der Waals surface area contributed by atoms with E-state index >= 15 is 0 Å². The van der Waals surface area contributed by atoms with Crippen molar-refractivity contribution in [2.24, 2.45) is 0 Å². The van der Waals surface area contributed by atoms with E-state index in [2.05, 4.69) is 5.32 Å². The van der Waals surface area contributed by atoms with Crippen LogP contribution in [0.15, 0.2) is 29.2 Å². The molecule has 0 aliphatic carbocycles. The number of hydrogen-bond acceptors (Lipinski definition) is 5. The van der Waals surface area contributed by atoms with Crippen molar-refractivity contribution >= 4 is 21.9 Å². The van der Waals surface area contributed by atoms with Gasteiger partial charge in [-0.05, 0) is 38.5 Å². The van der Waals surface area contributed by atoms with Crippen LogP contribution in [0.5, 0.6) is 0 Å². The summed E-state index contributed by atoms with van der Waals surface area (Å²) in [6.45, 7) is 7.26. The third kappa shape index (κ3) is 10.4. The van der Waals surface area contributed by atoms with Crippen LogP contribution in [0.25, 0.3) is 0 Å². The van der Waals surface area contributed by atoms with Gasteiger partial charge < -0.3 is 15.2 Å². The second-order valence-corrected chi connectivity index (χ2v) is 8.48. The lowest BCUT2D eigenvalue weighted by molar-refractivity contribution is -0.192. The summed E-state index contributed by atoms with van der Waals surface area (Å²) < 4.78 is 60.1. The van der Waals surface area contributed by atoms with E-state index in [1.165, 1.54) is 0 Å². The fraction of sp³-hybridized carbons (Fsp3) is 0.500. The normalized spacial score (nSPS) is 11.8. The van der Waals surface area contributed by atoms with Gasteiger partial charge in [0.05, 0.1) is 10.6 Å². The maximum absolute atomic E-state index is 11.6. The number of carboxylic acids is 1. The molecule has 27 heavy (non-hydrogen) atoms. The number of alkyl carbamates (subject to hydrolysis) is 1. The molecule has 7 nitrogen and oxygen atoms in total. The van der Waals surface area contributed by atoms with Gasteiger partial charge in [0.1, 0.15) is 5.60 Å². The monoisotopic (exact) mass is 413 g/mol. The van der Waals surface area contributed by atoms with E-state index in [0.29, 0.717) is 11.4 Å². The highest BCUT2D eigenvalue weighted by Crippen LogP contribution is 2.13. The predicted molar refractivity (Wildman–Crippen MR) is 90.9 cm³/mol. The number of alkyl halides is 3. The van der Waals surface area contributed by atoms with Crippen LogP contribution < -0.4 is 5.32 Å². The molecule has 1 rings (SSSR count). The molecule has 0 radical (unpaired) electrons. The molecular formula is C16H22F3NO6S. The highest BCUT2D eigenvalue weighted by Gasteiger charge is 2.38. The Morgan fingerprint density at radius 1 is 1.11 bits per heavy atom. The summed E-state index contributed by atoms with van der Waals surface area (Å²) in [4.78, 5) is 20.7. The Hall–Kier alpha value is -2.30. The Morgan fingerprint density at radius 3 is 1.89 bits per heavy atom. The van der Waals surface area contributed by atoms with Crippen LogP contribution in [0.1, 0.15) is 33.3 Å². The van der Waals surface area contributed by atoms with Crippen LogP contribution in [-0.4, -0.2) is 43.1 Å². The zero-order chi connectivity index (χ0) is 21.5. The molecule has 0 unspecified atom stereocenters. The number of aliphatic carboxylic acids is 1. The Bertz CT molecular complexity index is 737. The minimum absolute atomic E-state index is 0.0719. The number of carboxylic acid groups (broad SMARTS) is 1. The molecule has 0 spiro atoms. The molecule has 1 aromatic carbocycles. The average Bonchev–Trinajstić information content (AvgIpc) is 2.51. The maximum atomic E-state index is 11.6. The maximum Gasteiger partial charge on any atom is 0.490 e. The molecule has 0 fully saturated rings. The summed E-state index contributed by atoms with van der Waals surface area (Å²) in [6, 6.07) is 6.45. The summed E-state index contributed by atoms with van der Waals surface area (Å²) in [5.41, 5.74) is 0.272. The number of halogens is 3. The molecule has 0 saturated carbocycles. The van der Waals surface area contributed by atoms with Crippen molar-refractivity contribution in [1.29, 1.82) is 0 Å². The lowest BCUT2D eigenvalue weighted by Gasteiger charge is -2.19. The lowest BCUT2D eigenvalue weighted by atomic mass is 10.2. The molecule has 2 N–H and O–H groups in total. The Labute approximate surface area is 155 Å². The first kappa shape index (κ1) is 24.7. The van der Waals surface area contributed by atoms with Gasteiger partial charge in [-0.25, -0.2) is 18.0 Å². The van der Waals surface area contributed by atoms with Crippen molar-refractivity contribution in [3.8, 4) is 0 Å². The minimum atomic E-state index is -5.08. The molecule has 0 heterocycles. The van der Waals surface area contributed by atoms with Crippen molar-refractivity contribution in [2.75, 3.05) is 5.75 Å². The predicted octanol–water partition coefficient (Wildman–Crippen LogP) is 3.14. The molecule has 154 valence electrons. The fourth-order valence-corrected chi connectivity index (χ4v) is 2.35. The van der Waals surface area contributed by atoms with Gasteiger partial charge >= 0.3 is 18.2 Å². The van der Waals surface area contributed by atoms with Crippen molar-refractivity contribution in [3.05, 3.63) is 29.8 Å². The highest BCUT2D eigenvalue weighted by molar-refractivity contribution is 7.91. The summed E-state index contributed by atoms with van der Waals surface area (Å²) in [5.74, 6) is -2.69. The molecule has 0 atom stereocenters. The smallest absolute Gasteiger partial charge is 0.475 e. The lowest BCUT2D eigenvalue weighted by Crippen LogP contribution is -2.32. The number of nitrogens with one attached hydrogen (secondary N) is 1. The first-order valence-corrected chi connectivity index (χ1v) is 9.32. The third-order valence-corrected chi connectivity index (χ3v) is 4.49. The molecular weight excluding hydrogens is 391 g/mol. The van der Waals surface area contributed by atoms with Crippen LogP contribution in [0.4, 0.5) is 18.0 Å². The number of carbonyl (C=O) groups is 2. The molecule has 11 heteroatoms. The van der Waals surface area contributed by atoms with Gasteiger partial charge in [0.25, 0.3) is 0 Å².